The van der Waals surface area contributed by atoms with E-state index >= 15 is 0 Å². The fraction of sp³-hybridized carbons (Fsp3) is 0.346. The van der Waals surface area contributed by atoms with Gasteiger partial charge in [-0.05, 0) is 54.7 Å². The van der Waals surface area contributed by atoms with Crippen molar-refractivity contribution in [2.45, 2.75) is 33.1 Å². The Bertz CT molecular complexity index is 1090. The van der Waals surface area contributed by atoms with Crippen LogP contribution in [0.15, 0.2) is 52.5 Å². The van der Waals surface area contributed by atoms with Crippen molar-refractivity contribution in [2.24, 2.45) is 5.92 Å². The third-order valence-corrected chi connectivity index (χ3v) is 5.83. The first kappa shape index (κ1) is 27.2. The number of hydroxylamine groups is 1. The van der Waals surface area contributed by atoms with Crippen molar-refractivity contribution in [2.75, 3.05) is 25.6 Å². The smallest absolute Gasteiger partial charge is 0.226 e. The van der Waals surface area contributed by atoms with Crippen LogP contribution < -0.4 is 20.3 Å². The van der Waals surface area contributed by atoms with Gasteiger partial charge in [0.25, 0.3) is 0 Å². The largest absolute Gasteiger partial charge is 0.494 e. The van der Waals surface area contributed by atoms with E-state index in [1.54, 1.807) is 19.3 Å². The Kier molecular flexibility index (Phi) is 10.2. The van der Waals surface area contributed by atoms with Gasteiger partial charge in [-0.1, -0.05) is 60.8 Å². The van der Waals surface area contributed by atoms with E-state index in [1.807, 2.05) is 44.2 Å². The number of hydrogen-bond donors (Lipinski definition) is 2. The Morgan fingerprint density at radius 1 is 1.14 bits per heavy atom. The fourth-order valence-corrected chi connectivity index (χ4v) is 3.62. The number of allylic oxidation sites excluding steroid dienone is 1. The number of methoxy groups -OCH3 is 1. The summed E-state index contributed by atoms with van der Waals surface area (Å²) in [6.45, 7) is 4.38. The molecular weight excluding hydrogens is 511 g/mol. The molecular formula is C26H29Cl3N2O4. The van der Waals surface area contributed by atoms with E-state index in [-0.39, 0.29) is 22.9 Å². The van der Waals surface area contributed by atoms with E-state index in [9.17, 15) is 4.79 Å². The zero-order chi connectivity index (χ0) is 25.4. The van der Waals surface area contributed by atoms with Crippen LogP contribution in [0.3, 0.4) is 0 Å². The molecule has 2 N–H and O–H groups in total. The van der Waals surface area contributed by atoms with Crippen LogP contribution in [-0.2, 0) is 16.1 Å². The SMILES string of the molecule is COc1c(Cl)cc(OCC=C(Cl)Cl)cc1C(NOCCc1ccc(NC(=O)C(C)C)cc1)=C1CC1. The van der Waals surface area contributed by atoms with Crippen molar-refractivity contribution >= 4 is 52.1 Å². The molecule has 0 aliphatic heterocycles. The van der Waals surface area contributed by atoms with Gasteiger partial charge in [0.15, 0.2) is 0 Å². The summed E-state index contributed by atoms with van der Waals surface area (Å²) in [6.07, 6.45) is 4.17. The lowest BCUT2D eigenvalue weighted by Crippen LogP contribution is -2.17. The molecule has 1 aliphatic carbocycles. The van der Waals surface area contributed by atoms with Gasteiger partial charge in [-0.2, -0.15) is 0 Å². The first-order valence-corrected chi connectivity index (χ1v) is 12.4. The number of ether oxygens (including phenoxy) is 2. The number of carbonyl (C=O) groups excluding carboxylic acids is 1. The number of nitrogens with one attached hydrogen (secondary N) is 2. The molecule has 0 radical (unpaired) electrons. The van der Waals surface area contributed by atoms with Crippen molar-refractivity contribution in [1.82, 2.24) is 5.48 Å². The Morgan fingerprint density at radius 3 is 2.46 bits per heavy atom. The molecule has 0 bridgehead atoms. The minimum atomic E-state index is -0.0642. The minimum Gasteiger partial charge on any atom is -0.494 e. The van der Waals surface area contributed by atoms with Crippen LogP contribution in [0.5, 0.6) is 11.5 Å². The average molecular weight is 540 g/mol. The number of rotatable bonds is 12. The number of carbonyl (C=O) groups is 1. The summed E-state index contributed by atoms with van der Waals surface area (Å²) in [5.74, 6) is 1.03. The Hall–Kier alpha value is -2.38. The molecule has 1 amide bonds. The maximum absolute atomic E-state index is 11.8. The number of anilines is 1. The molecule has 188 valence electrons. The van der Waals surface area contributed by atoms with Crippen LogP contribution in [-0.4, -0.2) is 26.2 Å². The lowest BCUT2D eigenvalue weighted by Gasteiger charge is -2.17. The van der Waals surface area contributed by atoms with Crippen molar-refractivity contribution in [3.8, 4) is 11.5 Å². The Labute approximate surface area is 221 Å². The zero-order valence-corrected chi connectivity index (χ0v) is 22.2. The molecule has 0 aromatic heterocycles. The summed E-state index contributed by atoms with van der Waals surface area (Å²) in [5.41, 5.74) is 7.77. The third kappa shape index (κ3) is 8.36. The molecule has 0 saturated heterocycles. The fourth-order valence-electron chi connectivity index (χ4n) is 3.21. The van der Waals surface area contributed by atoms with Gasteiger partial charge in [0.1, 0.15) is 22.6 Å². The molecule has 35 heavy (non-hydrogen) atoms. The number of benzene rings is 2. The number of halogens is 3. The van der Waals surface area contributed by atoms with Crippen molar-refractivity contribution in [3.63, 3.8) is 0 Å². The first-order valence-electron chi connectivity index (χ1n) is 11.3. The number of hydrogen-bond acceptors (Lipinski definition) is 5. The van der Waals surface area contributed by atoms with Crippen LogP contribution in [0.2, 0.25) is 5.02 Å². The van der Waals surface area contributed by atoms with Gasteiger partial charge in [-0.25, -0.2) is 0 Å². The van der Waals surface area contributed by atoms with Crippen molar-refractivity contribution in [3.05, 3.63) is 68.7 Å². The highest BCUT2D eigenvalue weighted by atomic mass is 35.5. The zero-order valence-electron chi connectivity index (χ0n) is 19.9. The van der Waals surface area contributed by atoms with Gasteiger partial charge in [0, 0.05) is 23.2 Å². The summed E-state index contributed by atoms with van der Waals surface area (Å²) >= 11 is 17.8. The van der Waals surface area contributed by atoms with Gasteiger partial charge in [0.05, 0.1) is 24.4 Å². The molecule has 2 aromatic rings. The molecule has 3 rings (SSSR count). The van der Waals surface area contributed by atoms with Crippen LogP contribution in [0, 0.1) is 5.92 Å². The van der Waals surface area contributed by atoms with Gasteiger partial charge >= 0.3 is 0 Å². The topological polar surface area (TPSA) is 68.8 Å². The van der Waals surface area contributed by atoms with Gasteiger partial charge in [-0.15, -0.1) is 0 Å². The normalized spacial score (nSPS) is 12.3. The van der Waals surface area contributed by atoms with Crippen molar-refractivity contribution < 1.29 is 19.1 Å². The predicted octanol–water partition coefficient (Wildman–Crippen LogP) is 6.91. The van der Waals surface area contributed by atoms with E-state index < -0.39 is 0 Å². The maximum atomic E-state index is 11.8. The first-order chi connectivity index (χ1) is 16.8. The summed E-state index contributed by atoms with van der Waals surface area (Å²) in [7, 11) is 1.57. The molecule has 0 heterocycles. The summed E-state index contributed by atoms with van der Waals surface area (Å²) in [5, 5.41) is 3.31. The average Bonchev–Trinajstić information content (AvgIpc) is 3.65. The predicted molar refractivity (Wildman–Crippen MR) is 142 cm³/mol. The van der Waals surface area contributed by atoms with Crippen LogP contribution >= 0.6 is 34.8 Å². The molecule has 9 heteroatoms. The quantitative estimate of drug-likeness (QED) is 0.227. The van der Waals surface area contributed by atoms with E-state index in [1.165, 1.54) is 5.57 Å². The van der Waals surface area contributed by atoms with E-state index in [2.05, 4.69) is 10.8 Å². The van der Waals surface area contributed by atoms with E-state index in [0.717, 1.165) is 35.4 Å². The summed E-state index contributed by atoms with van der Waals surface area (Å²) < 4.78 is 11.4. The van der Waals surface area contributed by atoms with Crippen LogP contribution in [0.25, 0.3) is 5.70 Å². The number of amides is 1. The molecule has 1 saturated carbocycles. The monoisotopic (exact) mass is 538 g/mol. The van der Waals surface area contributed by atoms with E-state index in [0.29, 0.717) is 29.5 Å². The second kappa shape index (κ2) is 13.1. The molecule has 0 spiro atoms. The van der Waals surface area contributed by atoms with Gasteiger partial charge in [0.2, 0.25) is 5.91 Å². The molecule has 2 aromatic carbocycles. The van der Waals surface area contributed by atoms with Crippen LogP contribution in [0.4, 0.5) is 5.69 Å². The van der Waals surface area contributed by atoms with Gasteiger partial charge < -0.3 is 14.8 Å². The summed E-state index contributed by atoms with van der Waals surface area (Å²) in [4.78, 5) is 17.6. The highest BCUT2D eigenvalue weighted by Gasteiger charge is 2.24. The lowest BCUT2D eigenvalue weighted by atomic mass is 10.1. The highest BCUT2D eigenvalue weighted by molar-refractivity contribution is 6.55. The standard InChI is InChI=1S/C26H29Cl3N2O4/c1-16(2)26(32)30-19-8-4-17(5-9-19)10-13-35-31-24(18-6-7-18)21-14-20(34-12-11-23(28)29)15-22(27)25(21)33-3/h4-5,8-9,11,14-16,31H,6-7,10,12-13H2,1-3H3,(H,30,32). The summed E-state index contributed by atoms with van der Waals surface area (Å²) in [6, 6.07) is 11.3. The Morgan fingerprint density at radius 2 is 1.86 bits per heavy atom. The molecule has 6 nitrogen and oxygen atoms in total. The molecule has 0 atom stereocenters. The lowest BCUT2D eigenvalue weighted by molar-refractivity contribution is -0.118. The molecule has 1 aliphatic rings. The van der Waals surface area contributed by atoms with Crippen LogP contribution in [0.1, 0.15) is 37.8 Å². The van der Waals surface area contributed by atoms with Crippen molar-refractivity contribution in [1.29, 1.82) is 0 Å². The highest BCUT2D eigenvalue weighted by Crippen LogP contribution is 2.42. The van der Waals surface area contributed by atoms with E-state index in [4.69, 9.17) is 49.1 Å². The molecule has 0 unspecified atom stereocenters. The molecule has 1 fully saturated rings. The third-order valence-electron chi connectivity index (χ3n) is 5.24. The second-order valence-corrected chi connectivity index (χ2v) is 9.73. The maximum Gasteiger partial charge on any atom is 0.226 e. The Balaban J connectivity index is 1.62. The van der Waals surface area contributed by atoms with Gasteiger partial charge in [-0.3, -0.25) is 15.1 Å². The second-order valence-electron chi connectivity index (χ2n) is 8.31. The minimum absolute atomic E-state index is 0.00441.